The smallest absolute Gasteiger partial charge is 0.195 e. The predicted octanol–water partition coefficient (Wildman–Crippen LogP) is 5.08. The predicted molar refractivity (Wildman–Crippen MR) is 83.2 cm³/mol. The number of oxazole rings is 1. The summed E-state index contributed by atoms with van der Waals surface area (Å²) < 4.78 is 6.67. The Morgan fingerprint density at radius 2 is 1.89 bits per heavy atom. The lowest BCUT2D eigenvalue weighted by Crippen LogP contribution is -1.86. The van der Waals surface area contributed by atoms with E-state index >= 15 is 0 Å². The molecule has 104 valence electrons. The lowest BCUT2D eigenvalue weighted by molar-refractivity contribution is 0.506. The minimum absolute atomic E-state index is 0.645. The van der Waals surface area contributed by atoms with Gasteiger partial charge in [0.1, 0.15) is 5.52 Å². The number of hydrogen-bond acceptors (Lipinski definition) is 3. The highest BCUT2D eigenvalue weighted by Gasteiger charge is 2.09. The van der Waals surface area contributed by atoms with Crippen molar-refractivity contribution in [2.75, 3.05) is 5.73 Å². The first-order valence-electron chi connectivity index (χ1n) is 7.05. The molecule has 0 bridgehead atoms. The van der Waals surface area contributed by atoms with Gasteiger partial charge in [-0.15, -0.1) is 0 Å². The van der Waals surface area contributed by atoms with Gasteiger partial charge in [-0.25, -0.2) is 4.98 Å². The van der Waals surface area contributed by atoms with Crippen LogP contribution < -0.4 is 5.73 Å². The highest BCUT2D eigenvalue weighted by Crippen LogP contribution is 2.27. The second kappa shape index (κ2) is 6.94. The molecular formula is C15H21BrN2O. The molecule has 0 amide bonds. The lowest BCUT2D eigenvalue weighted by atomic mass is 10.1. The number of benzene rings is 1. The van der Waals surface area contributed by atoms with Crippen molar-refractivity contribution in [3.8, 4) is 0 Å². The van der Waals surface area contributed by atoms with E-state index in [1.54, 1.807) is 0 Å². The van der Waals surface area contributed by atoms with Crippen molar-refractivity contribution >= 4 is 32.7 Å². The lowest BCUT2D eigenvalue weighted by Gasteiger charge is -1.98. The normalized spacial score (nSPS) is 11.3. The van der Waals surface area contributed by atoms with Crippen LogP contribution in [0.5, 0.6) is 0 Å². The summed E-state index contributed by atoms with van der Waals surface area (Å²) in [5, 5.41) is 0. The van der Waals surface area contributed by atoms with Gasteiger partial charge >= 0.3 is 0 Å². The Bertz CT molecular complexity index is 536. The van der Waals surface area contributed by atoms with Gasteiger partial charge in [-0.3, -0.25) is 0 Å². The second-order valence-electron chi connectivity index (χ2n) is 4.97. The fourth-order valence-electron chi connectivity index (χ4n) is 2.23. The average Bonchev–Trinajstić information content (AvgIpc) is 2.76. The Hall–Kier alpha value is -1.03. The summed E-state index contributed by atoms with van der Waals surface area (Å²) in [6.45, 7) is 2.24. The number of aromatic nitrogens is 1. The van der Waals surface area contributed by atoms with E-state index in [4.69, 9.17) is 10.2 Å². The number of fused-ring (bicyclic) bond motifs is 1. The van der Waals surface area contributed by atoms with Crippen molar-refractivity contribution in [3.05, 3.63) is 22.5 Å². The number of halogens is 1. The van der Waals surface area contributed by atoms with Crippen LogP contribution >= 0.6 is 15.9 Å². The molecule has 3 nitrogen and oxygen atoms in total. The van der Waals surface area contributed by atoms with Gasteiger partial charge in [-0.2, -0.15) is 0 Å². The Morgan fingerprint density at radius 1 is 1.16 bits per heavy atom. The van der Waals surface area contributed by atoms with E-state index in [2.05, 4.69) is 27.8 Å². The summed E-state index contributed by atoms with van der Waals surface area (Å²) in [6.07, 6.45) is 8.56. The summed E-state index contributed by atoms with van der Waals surface area (Å²) in [5.74, 6) is 0.801. The maximum Gasteiger partial charge on any atom is 0.195 e. The molecule has 1 heterocycles. The van der Waals surface area contributed by atoms with Gasteiger partial charge in [-0.05, 0) is 18.6 Å². The molecule has 19 heavy (non-hydrogen) atoms. The van der Waals surface area contributed by atoms with Crippen molar-refractivity contribution in [2.45, 2.75) is 51.9 Å². The number of rotatable bonds is 7. The number of nitrogen functional groups attached to an aromatic ring is 1. The Kier molecular flexibility index (Phi) is 5.25. The van der Waals surface area contributed by atoms with Crippen LogP contribution in [0, 0.1) is 0 Å². The molecule has 0 aliphatic heterocycles. The first kappa shape index (κ1) is 14.4. The van der Waals surface area contributed by atoms with Gasteiger partial charge in [0.25, 0.3) is 0 Å². The van der Waals surface area contributed by atoms with Gasteiger partial charge < -0.3 is 10.2 Å². The van der Waals surface area contributed by atoms with Crippen molar-refractivity contribution in [3.63, 3.8) is 0 Å². The SMILES string of the molecule is CCCCCCCCc1nc2cc(Br)cc(N)c2o1. The molecule has 0 aliphatic rings. The van der Waals surface area contributed by atoms with E-state index < -0.39 is 0 Å². The summed E-state index contributed by atoms with van der Waals surface area (Å²) in [7, 11) is 0. The van der Waals surface area contributed by atoms with Gasteiger partial charge in [0.15, 0.2) is 11.5 Å². The summed E-state index contributed by atoms with van der Waals surface area (Å²) in [6, 6.07) is 3.79. The monoisotopic (exact) mass is 324 g/mol. The zero-order chi connectivity index (χ0) is 13.7. The summed E-state index contributed by atoms with van der Waals surface area (Å²) >= 11 is 3.42. The van der Waals surface area contributed by atoms with Crippen molar-refractivity contribution in [1.29, 1.82) is 0 Å². The summed E-state index contributed by atoms with van der Waals surface area (Å²) in [4.78, 5) is 4.49. The minimum Gasteiger partial charge on any atom is -0.439 e. The number of anilines is 1. The van der Waals surface area contributed by atoms with Crippen LogP contribution in [0.25, 0.3) is 11.1 Å². The van der Waals surface area contributed by atoms with E-state index in [-0.39, 0.29) is 0 Å². The van der Waals surface area contributed by atoms with Crippen LogP contribution in [0.4, 0.5) is 5.69 Å². The maximum absolute atomic E-state index is 5.92. The van der Waals surface area contributed by atoms with Crippen LogP contribution in [0.3, 0.4) is 0 Å². The van der Waals surface area contributed by atoms with Gasteiger partial charge in [-0.1, -0.05) is 55.0 Å². The zero-order valence-corrected chi connectivity index (χ0v) is 13.0. The van der Waals surface area contributed by atoms with Crippen molar-refractivity contribution in [1.82, 2.24) is 4.98 Å². The number of nitrogens with two attached hydrogens (primary N) is 1. The zero-order valence-electron chi connectivity index (χ0n) is 11.4. The standard InChI is InChI=1S/C15H21BrN2O/c1-2-3-4-5-6-7-8-14-18-13-10-11(16)9-12(17)15(13)19-14/h9-10H,2-8,17H2,1H3. The first-order chi connectivity index (χ1) is 9.20. The molecule has 0 saturated carbocycles. The Balaban J connectivity index is 1.89. The number of hydrogen-bond donors (Lipinski definition) is 1. The molecule has 0 unspecified atom stereocenters. The molecule has 2 aromatic rings. The highest BCUT2D eigenvalue weighted by molar-refractivity contribution is 9.10. The molecule has 0 saturated heterocycles. The number of aryl methyl sites for hydroxylation is 1. The molecule has 1 aromatic carbocycles. The topological polar surface area (TPSA) is 52.0 Å². The molecule has 2 N–H and O–H groups in total. The van der Waals surface area contributed by atoms with Crippen molar-refractivity contribution in [2.24, 2.45) is 0 Å². The van der Waals surface area contributed by atoms with Gasteiger partial charge in [0.2, 0.25) is 0 Å². The third-order valence-electron chi connectivity index (χ3n) is 3.27. The third-order valence-corrected chi connectivity index (χ3v) is 3.73. The van der Waals surface area contributed by atoms with E-state index in [1.807, 2.05) is 12.1 Å². The van der Waals surface area contributed by atoms with Crippen LogP contribution in [0.15, 0.2) is 21.0 Å². The number of nitrogens with zero attached hydrogens (tertiary/aromatic N) is 1. The second-order valence-corrected chi connectivity index (χ2v) is 5.88. The fraction of sp³-hybridized carbons (Fsp3) is 0.533. The van der Waals surface area contributed by atoms with Crippen LogP contribution in [-0.4, -0.2) is 4.98 Å². The molecule has 0 aliphatic carbocycles. The van der Waals surface area contributed by atoms with Crippen LogP contribution in [0.1, 0.15) is 51.3 Å². The molecule has 1 aromatic heterocycles. The molecule has 4 heteroatoms. The molecule has 0 radical (unpaired) electrons. The quantitative estimate of drug-likeness (QED) is 0.571. The molecule has 0 atom stereocenters. The largest absolute Gasteiger partial charge is 0.439 e. The van der Waals surface area contributed by atoms with E-state index in [9.17, 15) is 0 Å². The highest BCUT2D eigenvalue weighted by atomic mass is 79.9. The number of unbranched alkanes of at least 4 members (excludes halogenated alkanes) is 5. The first-order valence-corrected chi connectivity index (χ1v) is 7.84. The molecule has 0 spiro atoms. The van der Waals surface area contributed by atoms with E-state index in [1.165, 1.54) is 32.1 Å². The maximum atomic E-state index is 5.92. The van der Waals surface area contributed by atoms with Gasteiger partial charge in [0, 0.05) is 10.9 Å². The van der Waals surface area contributed by atoms with E-state index in [0.717, 1.165) is 28.7 Å². The van der Waals surface area contributed by atoms with Gasteiger partial charge in [0.05, 0.1) is 5.69 Å². The average molecular weight is 325 g/mol. The van der Waals surface area contributed by atoms with Crippen molar-refractivity contribution < 1.29 is 4.42 Å². The van der Waals surface area contributed by atoms with Crippen LogP contribution in [-0.2, 0) is 6.42 Å². The van der Waals surface area contributed by atoms with E-state index in [0.29, 0.717) is 11.3 Å². The minimum atomic E-state index is 0.645. The Labute approximate surface area is 122 Å². The molecule has 0 fully saturated rings. The fourth-order valence-corrected chi connectivity index (χ4v) is 2.70. The third kappa shape index (κ3) is 3.96. The Morgan fingerprint density at radius 3 is 2.68 bits per heavy atom. The van der Waals surface area contributed by atoms with Crippen LogP contribution in [0.2, 0.25) is 0 Å². The molecule has 2 rings (SSSR count). The summed E-state index contributed by atoms with van der Waals surface area (Å²) in [5.41, 5.74) is 8.11. The molecular weight excluding hydrogens is 304 g/mol.